The Bertz CT molecular complexity index is 685. The van der Waals surface area contributed by atoms with E-state index >= 15 is 0 Å². The van der Waals surface area contributed by atoms with Gasteiger partial charge in [-0.05, 0) is 67.1 Å². The van der Waals surface area contributed by atoms with E-state index in [0.29, 0.717) is 17.2 Å². The number of anilines is 2. The molecule has 3 heteroatoms. The first-order valence-corrected chi connectivity index (χ1v) is 8.41. The van der Waals surface area contributed by atoms with Gasteiger partial charge in [-0.25, -0.2) is 0 Å². The van der Waals surface area contributed by atoms with Gasteiger partial charge in [-0.3, -0.25) is 4.79 Å². The molecular weight excluding hydrogens is 284 g/mol. The SMILES string of the molecule is Cc1cc(C(=O)Nc2ccc(C3CCCCC3)cc2)ccc1N. The summed E-state index contributed by atoms with van der Waals surface area (Å²) in [6.45, 7) is 1.91. The van der Waals surface area contributed by atoms with Gasteiger partial charge >= 0.3 is 0 Å². The molecule has 3 rings (SSSR count). The van der Waals surface area contributed by atoms with Gasteiger partial charge in [0.2, 0.25) is 0 Å². The molecule has 1 saturated carbocycles. The highest BCUT2D eigenvalue weighted by atomic mass is 16.1. The average molecular weight is 308 g/mol. The Balaban J connectivity index is 1.67. The number of amides is 1. The van der Waals surface area contributed by atoms with E-state index in [0.717, 1.165) is 11.3 Å². The van der Waals surface area contributed by atoms with Crippen LogP contribution in [0.3, 0.4) is 0 Å². The molecule has 1 fully saturated rings. The van der Waals surface area contributed by atoms with Crippen LogP contribution < -0.4 is 11.1 Å². The average Bonchev–Trinajstić information content (AvgIpc) is 2.59. The molecule has 0 atom stereocenters. The van der Waals surface area contributed by atoms with Crippen LogP contribution in [0, 0.1) is 6.92 Å². The quantitative estimate of drug-likeness (QED) is 0.794. The lowest BCUT2D eigenvalue weighted by atomic mass is 9.84. The molecule has 0 radical (unpaired) electrons. The Kier molecular flexibility index (Phi) is 4.65. The molecule has 1 aliphatic rings. The van der Waals surface area contributed by atoms with Crippen LogP contribution in [-0.2, 0) is 0 Å². The van der Waals surface area contributed by atoms with Gasteiger partial charge in [0.15, 0.2) is 0 Å². The second-order valence-electron chi connectivity index (χ2n) is 6.48. The number of nitrogen functional groups attached to an aromatic ring is 1. The number of aryl methyl sites for hydroxylation is 1. The first-order valence-electron chi connectivity index (χ1n) is 8.41. The molecule has 0 bridgehead atoms. The number of benzene rings is 2. The first-order chi connectivity index (χ1) is 11.1. The molecular formula is C20H24N2O. The highest BCUT2D eigenvalue weighted by Gasteiger charge is 2.15. The second-order valence-corrected chi connectivity index (χ2v) is 6.48. The van der Waals surface area contributed by atoms with Crippen molar-refractivity contribution in [2.24, 2.45) is 0 Å². The van der Waals surface area contributed by atoms with Crippen LogP contribution in [0.4, 0.5) is 11.4 Å². The lowest BCUT2D eigenvalue weighted by Crippen LogP contribution is -2.12. The van der Waals surface area contributed by atoms with Crippen molar-refractivity contribution in [1.82, 2.24) is 0 Å². The molecule has 0 heterocycles. The molecule has 0 spiro atoms. The summed E-state index contributed by atoms with van der Waals surface area (Å²) < 4.78 is 0. The molecule has 3 nitrogen and oxygen atoms in total. The minimum atomic E-state index is -0.0986. The summed E-state index contributed by atoms with van der Waals surface area (Å²) in [5.41, 5.74) is 10.3. The summed E-state index contributed by atoms with van der Waals surface area (Å²) in [6.07, 6.45) is 6.61. The van der Waals surface area contributed by atoms with Crippen molar-refractivity contribution in [1.29, 1.82) is 0 Å². The summed E-state index contributed by atoms with van der Waals surface area (Å²) in [4.78, 5) is 12.3. The summed E-state index contributed by atoms with van der Waals surface area (Å²) in [5, 5.41) is 2.96. The Morgan fingerprint density at radius 2 is 1.74 bits per heavy atom. The lowest BCUT2D eigenvalue weighted by molar-refractivity contribution is 0.102. The normalized spacial score (nSPS) is 15.3. The molecule has 23 heavy (non-hydrogen) atoms. The number of hydrogen-bond acceptors (Lipinski definition) is 2. The first kappa shape index (κ1) is 15.6. The number of carbonyl (C=O) groups excluding carboxylic acids is 1. The molecule has 120 valence electrons. The number of rotatable bonds is 3. The monoisotopic (exact) mass is 308 g/mol. The van der Waals surface area contributed by atoms with Gasteiger partial charge in [0, 0.05) is 16.9 Å². The standard InChI is InChI=1S/C20H24N2O/c1-14-13-17(9-12-19(14)21)20(23)22-18-10-7-16(8-11-18)15-5-3-2-4-6-15/h7-13,15H,2-6,21H2,1H3,(H,22,23). The minimum Gasteiger partial charge on any atom is -0.399 e. The van der Waals surface area contributed by atoms with Crippen molar-refractivity contribution >= 4 is 17.3 Å². The number of nitrogens with one attached hydrogen (secondary N) is 1. The second kappa shape index (κ2) is 6.86. The van der Waals surface area contributed by atoms with Gasteiger partial charge < -0.3 is 11.1 Å². The third kappa shape index (κ3) is 3.73. The van der Waals surface area contributed by atoms with Gasteiger partial charge in [-0.15, -0.1) is 0 Å². The fraction of sp³-hybridized carbons (Fsp3) is 0.350. The van der Waals surface area contributed by atoms with E-state index < -0.39 is 0 Å². The van der Waals surface area contributed by atoms with Crippen LogP contribution in [0.1, 0.15) is 59.5 Å². The van der Waals surface area contributed by atoms with Crippen molar-refractivity contribution in [2.45, 2.75) is 44.9 Å². The summed E-state index contributed by atoms with van der Waals surface area (Å²) in [7, 11) is 0. The van der Waals surface area contributed by atoms with E-state index in [1.165, 1.54) is 37.7 Å². The van der Waals surface area contributed by atoms with Crippen molar-refractivity contribution in [3.8, 4) is 0 Å². The topological polar surface area (TPSA) is 55.1 Å². The number of carbonyl (C=O) groups is 1. The Morgan fingerprint density at radius 1 is 1.04 bits per heavy atom. The molecule has 0 saturated heterocycles. The predicted molar refractivity (Wildman–Crippen MR) is 95.8 cm³/mol. The van der Waals surface area contributed by atoms with Gasteiger partial charge in [0.05, 0.1) is 0 Å². The van der Waals surface area contributed by atoms with Gasteiger partial charge in [-0.1, -0.05) is 31.4 Å². The molecule has 0 aliphatic heterocycles. The molecule has 3 N–H and O–H groups in total. The zero-order valence-electron chi connectivity index (χ0n) is 13.6. The van der Waals surface area contributed by atoms with Crippen LogP contribution in [-0.4, -0.2) is 5.91 Å². The van der Waals surface area contributed by atoms with Crippen molar-refractivity contribution in [2.75, 3.05) is 11.1 Å². The molecule has 2 aromatic carbocycles. The van der Waals surface area contributed by atoms with Crippen LogP contribution in [0.5, 0.6) is 0 Å². The van der Waals surface area contributed by atoms with E-state index in [4.69, 9.17) is 5.73 Å². The summed E-state index contributed by atoms with van der Waals surface area (Å²) in [5.74, 6) is 0.590. The van der Waals surface area contributed by atoms with E-state index in [9.17, 15) is 4.79 Å². The summed E-state index contributed by atoms with van der Waals surface area (Å²) >= 11 is 0. The van der Waals surface area contributed by atoms with Crippen molar-refractivity contribution in [3.63, 3.8) is 0 Å². The maximum Gasteiger partial charge on any atom is 0.255 e. The van der Waals surface area contributed by atoms with Crippen LogP contribution >= 0.6 is 0 Å². The number of hydrogen-bond donors (Lipinski definition) is 2. The van der Waals surface area contributed by atoms with Crippen LogP contribution in [0.15, 0.2) is 42.5 Å². The molecule has 1 amide bonds. The van der Waals surface area contributed by atoms with Crippen LogP contribution in [0.25, 0.3) is 0 Å². The Morgan fingerprint density at radius 3 is 2.39 bits per heavy atom. The smallest absolute Gasteiger partial charge is 0.255 e. The van der Waals surface area contributed by atoms with Crippen molar-refractivity contribution in [3.05, 3.63) is 59.2 Å². The third-order valence-electron chi connectivity index (χ3n) is 4.78. The highest BCUT2D eigenvalue weighted by Crippen LogP contribution is 2.33. The molecule has 0 unspecified atom stereocenters. The Labute approximate surface area is 137 Å². The van der Waals surface area contributed by atoms with Gasteiger partial charge in [-0.2, -0.15) is 0 Å². The zero-order valence-corrected chi connectivity index (χ0v) is 13.6. The van der Waals surface area contributed by atoms with E-state index in [-0.39, 0.29) is 5.91 Å². The molecule has 0 aromatic heterocycles. The van der Waals surface area contributed by atoms with Gasteiger partial charge in [0.1, 0.15) is 0 Å². The van der Waals surface area contributed by atoms with E-state index in [1.807, 2.05) is 25.1 Å². The molecule has 1 aliphatic carbocycles. The van der Waals surface area contributed by atoms with Crippen LogP contribution in [0.2, 0.25) is 0 Å². The maximum atomic E-state index is 12.3. The van der Waals surface area contributed by atoms with Crippen molar-refractivity contribution < 1.29 is 4.79 Å². The largest absolute Gasteiger partial charge is 0.399 e. The third-order valence-corrected chi connectivity index (χ3v) is 4.78. The number of nitrogens with two attached hydrogens (primary N) is 1. The maximum absolute atomic E-state index is 12.3. The fourth-order valence-corrected chi connectivity index (χ4v) is 3.29. The zero-order chi connectivity index (χ0) is 16.2. The van der Waals surface area contributed by atoms with E-state index in [2.05, 4.69) is 17.4 Å². The van der Waals surface area contributed by atoms with Gasteiger partial charge in [0.25, 0.3) is 5.91 Å². The van der Waals surface area contributed by atoms with E-state index in [1.54, 1.807) is 12.1 Å². The lowest BCUT2D eigenvalue weighted by Gasteiger charge is -2.22. The predicted octanol–water partition coefficient (Wildman–Crippen LogP) is 4.88. The Hall–Kier alpha value is -2.29. The highest BCUT2D eigenvalue weighted by molar-refractivity contribution is 6.04. The minimum absolute atomic E-state index is 0.0986. The fourth-order valence-electron chi connectivity index (χ4n) is 3.29. The molecule has 2 aromatic rings. The summed E-state index contributed by atoms with van der Waals surface area (Å²) in [6, 6.07) is 13.7.